The Hall–Kier alpha value is -1.72. The fraction of sp³-hybridized carbons (Fsp3) is 0.750. The molecule has 2 saturated carbocycles. The van der Waals surface area contributed by atoms with E-state index in [1.54, 1.807) is 0 Å². The van der Waals surface area contributed by atoms with Gasteiger partial charge in [-0.1, -0.05) is 6.42 Å². The Morgan fingerprint density at radius 3 is 2.18 bits per heavy atom. The van der Waals surface area contributed by atoms with Crippen molar-refractivity contribution < 1.29 is 28.7 Å². The largest absolute Gasteiger partial charge is 0.393 e. The zero-order chi connectivity index (χ0) is 15.4. The zero-order valence-corrected chi connectivity index (χ0v) is 12.2. The van der Waals surface area contributed by atoms with Gasteiger partial charge in [0.05, 0.1) is 23.7 Å². The molecule has 2 heterocycles. The average molecular weight is 306 g/mol. The molecule has 0 amide bonds. The second-order valence-electron chi connectivity index (χ2n) is 6.99. The molecule has 0 aromatic carbocycles. The number of cyclic esters (lactones) is 4. The standard InChI is InChI=1S/C16H18O6/c17-13-9-5-4-7(6-11(9)15(19)21-13)8-2-1-3-10-12(8)16(20)22-14(10)18/h7-12H,1-6H2/t7?,8?,9-,10?,11?,12?/m0/s1. The van der Waals surface area contributed by atoms with E-state index in [1.165, 1.54) is 0 Å². The predicted molar refractivity (Wildman–Crippen MR) is 70.8 cm³/mol. The lowest BCUT2D eigenvalue weighted by molar-refractivity contribution is -0.155. The van der Waals surface area contributed by atoms with E-state index in [4.69, 9.17) is 9.47 Å². The molecule has 0 spiro atoms. The van der Waals surface area contributed by atoms with Crippen LogP contribution < -0.4 is 0 Å². The number of hydrogen-bond donors (Lipinski definition) is 0. The van der Waals surface area contributed by atoms with E-state index in [2.05, 4.69) is 0 Å². The number of rotatable bonds is 1. The first-order chi connectivity index (χ1) is 10.6. The van der Waals surface area contributed by atoms with Gasteiger partial charge < -0.3 is 9.47 Å². The third-order valence-electron chi connectivity index (χ3n) is 6.03. The summed E-state index contributed by atoms with van der Waals surface area (Å²) in [6.45, 7) is 0. The Morgan fingerprint density at radius 2 is 1.36 bits per heavy atom. The maximum atomic E-state index is 12.0. The van der Waals surface area contributed by atoms with Crippen molar-refractivity contribution >= 4 is 23.9 Å². The Balaban J connectivity index is 1.55. The lowest BCUT2D eigenvalue weighted by Crippen LogP contribution is -2.39. The highest BCUT2D eigenvalue weighted by Crippen LogP contribution is 2.50. The minimum Gasteiger partial charge on any atom is -0.393 e. The molecule has 4 fully saturated rings. The van der Waals surface area contributed by atoms with Crippen LogP contribution in [0, 0.1) is 35.5 Å². The molecule has 0 N–H and O–H groups in total. The summed E-state index contributed by atoms with van der Waals surface area (Å²) < 4.78 is 9.58. The van der Waals surface area contributed by atoms with Gasteiger partial charge in [0.25, 0.3) is 0 Å². The number of carbonyl (C=O) groups excluding carboxylic acids is 4. The van der Waals surface area contributed by atoms with Crippen LogP contribution in [0.1, 0.15) is 38.5 Å². The molecule has 2 saturated heterocycles. The molecule has 6 heteroatoms. The number of esters is 4. The smallest absolute Gasteiger partial charge is 0.317 e. The van der Waals surface area contributed by atoms with E-state index in [0.29, 0.717) is 19.3 Å². The molecule has 5 unspecified atom stereocenters. The van der Waals surface area contributed by atoms with E-state index in [0.717, 1.165) is 19.3 Å². The van der Waals surface area contributed by atoms with Crippen LogP contribution in [0.2, 0.25) is 0 Å². The molecule has 2 aliphatic heterocycles. The molecule has 22 heavy (non-hydrogen) atoms. The number of carbonyl (C=O) groups is 4. The number of ether oxygens (including phenoxy) is 2. The fourth-order valence-electron chi connectivity index (χ4n) is 4.99. The van der Waals surface area contributed by atoms with Crippen LogP contribution in [-0.4, -0.2) is 23.9 Å². The molecule has 2 aliphatic carbocycles. The maximum absolute atomic E-state index is 12.0. The molecule has 0 bridgehead atoms. The predicted octanol–water partition coefficient (Wildman–Crippen LogP) is 1.22. The van der Waals surface area contributed by atoms with Gasteiger partial charge in [-0.15, -0.1) is 0 Å². The quantitative estimate of drug-likeness (QED) is 0.535. The van der Waals surface area contributed by atoms with Crippen molar-refractivity contribution in [3.05, 3.63) is 0 Å². The minimum atomic E-state index is -0.419. The SMILES string of the molecule is O=C1OC(=O)C2C1CCCC2C1CC[C@@H]2C(=O)OC(=O)C2C1. The fourth-order valence-corrected chi connectivity index (χ4v) is 4.99. The monoisotopic (exact) mass is 306 g/mol. The molecule has 0 aromatic rings. The third kappa shape index (κ3) is 1.92. The molecular weight excluding hydrogens is 288 g/mol. The van der Waals surface area contributed by atoms with Gasteiger partial charge in [0.2, 0.25) is 0 Å². The van der Waals surface area contributed by atoms with E-state index in [-0.39, 0.29) is 41.5 Å². The summed E-state index contributed by atoms with van der Waals surface area (Å²) in [6.07, 6.45) is 4.53. The summed E-state index contributed by atoms with van der Waals surface area (Å²) in [5, 5.41) is 0. The van der Waals surface area contributed by atoms with Gasteiger partial charge >= 0.3 is 23.9 Å². The highest BCUT2D eigenvalue weighted by molar-refractivity contribution is 5.97. The summed E-state index contributed by atoms with van der Waals surface area (Å²) in [4.78, 5) is 47.2. The average Bonchev–Trinajstić information content (AvgIpc) is 2.96. The van der Waals surface area contributed by atoms with Gasteiger partial charge in [0.15, 0.2) is 0 Å². The summed E-state index contributed by atoms with van der Waals surface area (Å²) in [5.41, 5.74) is 0. The van der Waals surface area contributed by atoms with Crippen LogP contribution >= 0.6 is 0 Å². The van der Waals surface area contributed by atoms with Crippen LogP contribution in [0.25, 0.3) is 0 Å². The summed E-state index contributed by atoms with van der Waals surface area (Å²) in [5.74, 6) is -2.65. The normalized spacial score (nSPS) is 44.4. The highest BCUT2D eigenvalue weighted by Gasteiger charge is 2.55. The van der Waals surface area contributed by atoms with Gasteiger partial charge in [-0.25, -0.2) is 0 Å². The second kappa shape index (κ2) is 4.89. The Morgan fingerprint density at radius 1 is 0.682 bits per heavy atom. The third-order valence-corrected chi connectivity index (χ3v) is 6.03. The van der Waals surface area contributed by atoms with Crippen LogP contribution in [-0.2, 0) is 28.7 Å². The van der Waals surface area contributed by atoms with Gasteiger partial charge in [0, 0.05) is 0 Å². The molecule has 6 atom stereocenters. The van der Waals surface area contributed by atoms with Crippen LogP contribution in [0.3, 0.4) is 0 Å². The molecule has 4 rings (SSSR count). The maximum Gasteiger partial charge on any atom is 0.317 e. The van der Waals surface area contributed by atoms with Crippen LogP contribution in [0.5, 0.6) is 0 Å². The topological polar surface area (TPSA) is 86.7 Å². The van der Waals surface area contributed by atoms with Crippen molar-refractivity contribution in [3.8, 4) is 0 Å². The molecule has 118 valence electrons. The van der Waals surface area contributed by atoms with E-state index in [1.807, 2.05) is 0 Å². The first kappa shape index (κ1) is 13.9. The molecule has 0 aromatic heterocycles. The van der Waals surface area contributed by atoms with Gasteiger partial charge in [-0.05, 0) is 43.9 Å². The zero-order valence-electron chi connectivity index (χ0n) is 12.2. The van der Waals surface area contributed by atoms with Crippen molar-refractivity contribution in [2.24, 2.45) is 35.5 Å². The van der Waals surface area contributed by atoms with Gasteiger partial charge in [-0.3, -0.25) is 19.2 Å². The van der Waals surface area contributed by atoms with Crippen LogP contribution in [0.4, 0.5) is 0 Å². The molecular formula is C16H18O6. The van der Waals surface area contributed by atoms with Crippen molar-refractivity contribution in [2.45, 2.75) is 38.5 Å². The van der Waals surface area contributed by atoms with Crippen molar-refractivity contribution in [2.75, 3.05) is 0 Å². The summed E-state index contributed by atoms with van der Waals surface area (Å²) in [6, 6.07) is 0. The Labute approximate surface area is 127 Å². The lowest BCUT2D eigenvalue weighted by Gasteiger charge is -2.39. The van der Waals surface area contributed by atoms with E-state index < -0.39 is 17.9 Å². The molecule has 6 nitrogen and oxygen atoms in total. The highest BCUT2D eigenvalue weighted by atomic mass is 16.6. The first-order valence-corrected chi connectivity index (χ1v) is 8.07. The summed E-state index contributed by atoms with van der Waals surface area (Å²) in [7, 11) is 0. The Bertz CT molecular complexity index is 567. The minimum absolute atomic E-state index is 0.0853. The molecule has 4 aliphatic rings. The summed E-state index contributed by atoms with van der Waals surface area (Å²) >= 11 is 0. The van der Waals surface area contributed by atoms with Crippen molar-refractivity contribution in [3.63, 3.8) is 0 Å². The van der Waals surface area contributed by atoms with Gasteiger partial charge in [0.1, 0.15) is 0 Å². The number of hydrogen-bond acceptors (Lipinski definition) is 6. The second-order valence-corrected chi connectivity index (χ2v) is 6.99. The van der Waals surface area contributed by atoms with E-state index >= 15 is 0 Å². The van der Waals surface area contributed by atoms with Crippen molar-refractivity contribution in [1.82, 2.24) is 0 Å². The lowest BCUT2D eigenvalue weighted by atomic mass is 9.62. The van der Waals surface area contributed by atoms with Gasteiger partial charge in [-0.2, -0.15) is 0 Å². The molecule has 0 radical (unpaired) electrons. The first-order valence-electron chi connectivity index (χ1n) is 8.07. The van der Waals surface area contributed by atoms with Crippen molar-refractivity contribution in [1.29, 1.82) is 0 Å². The van der Waals surface area contributed by atoms with Crippen LogP contribution in [0.15, 0.2) is 0 Å². The van der Waals surface area contributed by atoms with E-state index in [9.17, 15) is 19.2 Å². The Kier molecular flexibility index (Phi) is 3.09. The number of fused-ring (bicyclic) bond motifs is 2.